The fraction of sp³-hybridized carbons (Fsp3) is 0.778. The first-order valence-electron chi connectivity index (χ1n) is 9.24. The van der Waals surface area contributed by atoms with Crippen LogP contribution in [0.2, 0.25) is 0 Å². The molecule has 1 aromatic rings. The molecular formula is C18H31IN4O2S. The Morgan fingerprint density at radius 2 is 2.08 bits per heavy atom. The van der Waals surface area contributed by atoms with Crippen LogP contribution in [0.15, 0.2) is 4.99 Å². The lowest BCUT2D eigenvalue weighted by Gasteiger charge is -2.36. The maximum Gasteiger partial charge on any atom is 0.193 e. The van der Waals surface area contributed by atoms with Crippen molar-refractivity contribution >= 4 is 41.3 Å². The second-order valence-electron chi connectivity index (χ2n) is 7.21. The van der Waals surface area contributed by atoms with Gasteiger partial charge in [-0.15, -0.1) is 35.3 Å². The number of thiazole rings is 1. The van der Waals surface area contributed by atoms with Crippen molar-refractivity contribution < 1.29 is 9.84 Å². The van der Waals surface area contributed by atoms with Gasteiger partial charge in [0.2, 0.25) is 0 Å². The molecule has 1 aromatic heterocycles. The van der Waals surface area contributed by atoms with E-state index in [-0.39, 0.29) is 36.0 Å². The van der Waals surface area contributed by atoms with E-state index in [4.69, 9.17) is 9.72 Å². The molecule has 1 aliphatic carbocycles. The third kappa shape index (κ3) is 5.30. The van der Waals surface area contributed by atoms with Gasteiger partial charge >= 0.3 is 0 Å². The van der Waals surface area contributed by atoms with Gasteiger partial charge in [-0.3, -0.25) is 4.99 Å². The standard InChI is InChI=1S/C18H30N4O2S.HI/c1-19-17(20-12-18(13-23)7-9-24-10-8-18)22(2)11-16-21-14-5-3-4-6-15(14)25-16;/h23H,3-13H2,1-2H3,(H,19,20);1H. The summed E-state index contributed by atoms with van der Waals surface area (Å²) < 4.78 is 5.44. The molecule has 0 spiro atoms. The molecule has 0 unspecified atom stereocenters. The van der Waals surface area contributed by atoms with Gasteiger partial charge in [0.25, 0.3) is 0 Å². The molecule has 0 atom stereocenters. The van der Waals surface area contributed by atoms with Gasteiger partial charge in [-0.05, 0) is 38.5 Å². The number of hydrogen-bond donors (Lipinski definition) is 2. The van der Waals surface area contributed by atoms with Crippen LogP contribution in [0.4, 0.5) is 0 Å². The summed E-state index contributed by atoms with van der Waals surface area (Å²) in [5, 5.41) is 14.5. The van der Waals surface area contributed by atoms with E-state index in [0.717, 1.165) is 51.5 Å². The first kappa shape index (κ1) is 21.8. The van der Waals surface area contributed by atoms with Crippen LogP contribution in [-0.2, 0) is 24.1 Å². The largest absolute Gasteiger partial charge is 0.396 e. The van der Waals surface area contributed by atoms with Crippen LogP contribution in [0.5, 0.6) is 0 Å². The van der Waals surface area contributed by atoms with E-state index >= 15 is 0 Å². The summed E-state index contributed by atoms with van der Waals surface area (Å²) >= 11 is 1.85. The Kier molecular flexibility index (Phi) is 8.56. The van der Waals surface area contributed by atoms with E-state index in [9.17, 15) is 5.11 Å². The molecule has 2 N–H and O–H groups in total. The molecule has 2 aliphatic rings. The van der Waals surface area contributed by atoms with Crippen molar-refractivity contribution in [1.29, 1.82) is 0 Å². The number of guanidine groups is 1. The third-order valence-electron chi connectivity index (χ3n) is 5.35. The summed E-state index contributed by atoms with van der Waals surface area (Å²) in [5.41, 5.74) is 1.21. The van der Waals surface area contributed by atoms with Crippen LogP contribution in [0.3, 0.4) is 0 Å². The number of aromatic nitrogens is 1. The van der Waals surface area contributed by atoms with Crippen molar-refractivity contribution in [3.63, 3.8) is 0 Å². The van der Waals surface area contributed by atoms with Gasteiger partial charge in [-0.2, -0.15) is 0 Å². The smallest absolute Gasteiger partial charge is 0.193 e. The molecule has 3 rings (SSSR count). The second-order valence-corrected chi connectivity index (χ2v) is 8.38. The molecule has 6 nitrogen and oxygen atoms in total. The summed E-state index contributed by atoms with van der Waals surface area (Å²) in [6, 6.07) is 0. The number of halogens is 1. The number of fused-ring (bicyclic) bond motifs is 1. The van der Waals surface area contributed by atoms with Crippen LogP contribution < -0.4 is 5.32 Å². The molecule has 8 heteroatoms. The topological polar surface area (TPSA) is 70.0 Å². The Balaban J connectivity index is 0.00000243. The van der Waals surface area contributed by atoms with Gasteiger partial charge in [-0.25, -0.2) is 4.98 Å². The summed E-state index contributed by atoms with van der Waals surface area (Å²) in [6.45, 7) is 3.12. The molecule has 148 valence electrons. The van der Waals surface area contributed by atoms with Gasteiger partial charge in [0.1, 0.15) is 5.01 Å². The Morgan fingerprint density at radius 3 is 2.73 bits per heavy atom. The van der Waals surface area contributed by atoms with Crippen molar-refractivity contribution in [2.45, 2.75) is 45.1 Å². The number of aliphatic hydroxyl groups excluding tert-OH is 1. The summed E-state index contributed by atoms with van der Waals surface area (Å²) in [4.78, 5) is 12.8. The van der Waals surface area contributed by atoms with Crippen LogP contribution in [0, 0.1) is 5.41 Å². The quantitative estimate of drug-likeness (QED) is 0.374. The zero-order valence-electron chi connectivity index (χ0n) is 15.8. The van der Waals surface area contributed by atoms with Crippen molar-refractivity contribution in [2.24, 2.45) is 10.4 Å². The molecule has 2 heterocycles. The van der Waals surface area contributed by atoms with E-state index in [1.54, 1.807) is 7.05 Å². The summed E-state index contributed by atoms with van der Waals surface area (Å²) in [6.07, 6.45) is 6.64. The fourth-order valence-electron chi connectivity index (χ4n) is 3.60. The molecule has 1 fully saturated rings. The fourth-order valence-corrected chi connectivity index (χ4v) is 4.81. The van der Waals surface area contributed by atoms with Crippen molar-refractivity contribution in [1.82, 2.24) is 15.2 Å². The minimum atomic E-state index is -0.102. The number of nitrogens with one attached hydrogen (secondary N) is 1. The molecular weight excluding hydrogens is 463 g/mol. The summed E-state index contributed by atoms with van der Waals surface area (Å²) in [5.74, 6) is 0.854. The third-order valence-corrected chi connectivity index (χ3v) is 6.49. The van der Waals surface area contributed by atoms with E-state index in [1.807, 2.05) is 18.4 Å². The van der Waals surface area contributed by atoms with Crippen molar-refractivity contribution in [3.8, 4) is 0 Å². The molecule has 0 saturated carbocycles. The molecule has 0 radical (unpaired) electrons. The van der Waals surface area contributed by atoms with Crippen LogP contribution in [0.25, 0.3) is 0 Å². The average molecular weight is 494 g/mol. The van der Waals surface area contributed by atoms with Crippen molar-refractivity contribution in [3.05, 3.63) is 15.6 Å². The first-order valence-corrected chi connectivity index (χ1v) is 10.1. The predicted octanol–water partition coefficient (Wildman–Crippen LogP) is 2.44. The number of ether oxygens (including phenoxy) is 1. The Morgan fingerprint density at radius 1 is 1.35 bits per heavy atom. The lowest BCUT2D eigenvalue weighted by atomic mass is 9.81. The highest BCUT2D eigenvalue weighted by molar-refractivity contribution is 14.0. The maximum atomic E-state index is 9.84. The first-order chi connectivity index (χ1) is 12.2. The lowest BCUT2D eigenvalue weighted by Crippen LogP contribution is -2.47. The molecule has 0 aromatic carbocycles. The number of aliphatic hydroxyl groups is 1. The molecule has 26 heavy (non-hydrogen) atoms. The number of nitrogens with zero attached hydrogens (tertiary/aromatic N) is 3. The normalized spacial score (nSPS) is 19.4. The Hall–Kier alpha value is -0.450. The Bertz CT molecular complexity index is 579. The number of rotatable bonds is 5. The highest BCUT2D eigenvalue weighted by Gasteiger charge is 2.32. The van der Waals surface area contributed by atoms with Crippen LogP contribution in [0.1, 0.15) is 41.3 Å². The van der Waals surface area contributed by atoms with Gasteiger partial charge in [0.05, 0.1) is 18.8 Å². The van der Waals surface area contributed by atoms with Crippen LogP contribution in [-0.4, -0.2) is 61.4 Å². The minimum absolute atomic E-state index is 0. The number of aliphatic imine (C=N–C) groups is 1. The maximum absolute atomic E-state index is 9.84. The van der Waals surface area contributed by atoms with Crippen molar-refractivity contribution in [2.75, 3.05) is 40.5 Å². The highest BCUT2D eigenvalue weighted by Crippen LogP contribution is 2.29. The van der Waals surface area contributed by atoms with Gasteiger partial charge < -0.3 is 20.1 Å². The zero-order valence-corrected chi connectivity index (χ0v) is 18.9. The highest BCUT2D eigenvalue weighted by atomic mass is 127. The van der Waals surface area contributed by atoms with Gasteiger partial charge in [0, 0.05) is 44.1 Å². The van der Waals surface area contributed by atoms with Gasteiger partial charge in [0.15, 0.2) is 5.96 Å². The van der Waals surface area contributed by atoms with E-state index in [1.165, 1.54) is 34.8 Å². The predicted molar refractivity (Wildman–Crippen MR) is 117 cm³/mol. The number of hydrogen-bond acceptors (Lipinski definition) is 5. The van der Waals surface area contributed by atoms with Gasteiger partial charge in [-0.1, -0.05) is 0 Å². The molecule has 0 bridgehead atoms. The lowest BCUT2D eigenvalue weighted by molar-refractivity contribution is -0.0134. The monoisotopic (exact) mass is 494 g/mol. The summed E-state index contributed by atoms with van der Waals surface area (Å²) in [7, 11) is 3.85. The van der Waals surface area contributed by atoms with E-state index < -0.39 is 0 Å². The van der Waals surface area contributed by atoms with E-state index in [0.29, 0.717) is 0 Å². The zero-order chi connectivity index (χ0) is 17.7. The SMILES string of the molecule is CN=C(NCC1(CO)CCOCC1)N(C)Cc1nc2c(s1)CCCC2.I. The van der Waals surface area contributed by atoms with E-state index in [2.05, 4.69) is 15.2 Å². The molecule has 0 amide bonds. The second kappa shape index (κ2) is 10.2. The van der Waals surface area contributed by atoms with Crippen LogP contribution >= 0.6 is 35.3 Å². The Labute approximate surface area is 177 Å². The minimum Gasteiger partial charge on any atom is -0.396 e. The molecule has 1 aliphatic heterocycles. The number of aryl methyl sites for hydroxylation is 2. The average Bonchev–Trinajstić information content (AvgIpc) is 3.05. The molecule has 1 saturated heterocycles.